The molecule has 2 aromatic rings. The molecule has 2 atom stereocenters. The topological polar surface area (TPSA) is 87.7 Å². The van der Waals surface area contributed by atoms with Gasteiger partial charge in [-0.3, -0.25) is 9.59 Å². The molecule has 0 aliphatic rings. The number of carbonyl (C=O) groups is 3. The number of hydrogen-bond donors (Lipinski definition) is 2. The minimum absolute atomic E-state index is 0.320. The van der Waals surface area contributed by atoms with E-state index < -0.39 is 23.6 Å². The first-order chi connectivity index (χ1) is 18.2. The molecule has 7 heteroatoms. The zero-order valence-corrected chi connectivity index (χ0v) is 24.6. The highest BCUT2D eigenvalue weighted by molar-refractivity contribution is 5.99. The molecule has 2 aromatic carbocycles. The zero-order chi connectivity index (χ0) is 29.3. The number of benzene rings is 2. The Morgan fingerprint density at radius 1 is 0.974 bits per heavy atom. The number of nitrogens with one attached hydrogen (secondary N) is 2. The fourth-order valence-corrected chi connectivity index (χ4v) is 4.40. The maximum Gasteiger partial charge on any atom is 0.408 e. The van der Waals surface area contributed by atoms with Gasteiger partial charge in [-0.25, -0.2) is 4.79 Å². The molecule has 0 saturated carbocycles. The van der Waals surface area contributed by atoms with Crippen molar-refractivity contribution in [3.8, 4) is 12.3 Å². The van der Waals surface area contributed by atoms with Gasteiger partial charge >= 0.3 is 6.09 Å². The minimum atomic E-state index is -1.02. The molecule has 0 radical (unpaired) electrons. The Balaban J connectivity index is 2.57. The predicted octanol–water partition coefficient (Wildman–Crippen LogP) is 6.14. The van der Waals surface area contributed by atoms with Crippen LogP contribution in [0.4, 0.5) is 10.5 Å². The summed E-state index contributed by atoms with van der Waals surface area (Å²) < 4.78 is 5.32. The molecule has 0 bridgehead atoms. The Morgan fingerprint density at radius 3 is 2.15 bits per heavy atom. The van der Waals surface area contributed by atoms with Crippen molar-refractivity contribution in [2.75, 3.05) is 11.9 Å². The first kappa shape index (κ1) is 31.4. The number of terminal acetylenes is 1. The predicted molar refractivity (Wildman–Crippen MR) is 156 cm³/mol. The molecule has 0 saturated heterocycles. The third kappa shape index (κ3) is 9.17. The summed E-state index contributed by atoms with van der Waals surface area (Å²) in [7, 11) is 0. The van der Waals surface area contributed by atoms with Crippen LogP contribution in [-0.2, 0) is 14.3 Å². The Hall–Kier alpha value is -3.79. The summed E-state index contributed by atoms with van der Waals surface area (Å²) in [5.41, 5.74) is 2.87. The van der Waals surface area contributed by atoms with Gasteiger partial charge in [0.25, 0.3) is 5.91 Å². The lowest BCUT2D eigenvalue weighted by atomic mass is 9.94. The van der Waals surface area contributed by atoms with E-state index in [0.29, 0.717) is 29.2 Å². The second-order valence-electron chi connectivity index (χ2n) is 11.4. The van der Waals surface area contributed by atoms with E-state index in [0.717, 1.165) is 17.5 Å². The summed E-state index contributed by atoms with van der Waals surface area (Å²) in [4.78, 5) is 41.8. The number of alkyl carbamates (subject to hydrolysis) is 1. The third-order valence-corrected chi connectivity index (χ3v) is 6.37. The molecule has 7 nitrogen and oxygen atoms in total. The van der Waals surface area contributed by atoms with Crippen molar-refractivity contribution in [2.24, 2.45) is 5.92 Å². The van der Waals surface area contributed by atoms with E-state index in [1.54, 1.807) is 49.9 Å². The number of amides is 3. The van der Waals surface area contributed by atoms with Crippen LogP contribution in [0.1, 0.15) is 82.7 Å². The van der Waals surface area contributed by atoms with Gasteiger partial charge in [0, 0.05) is 17.3 Å². The molecule has 0 fully saturated rings. The van der Waals surface area contributed by atoms with Crippen molar-refractivity contribution >= 4 is 23.6 Å². The van der Waals surface area contributed by atoms with Crippen LogP contribution in [0.25, 0.3) is 0 Å². The number of rotatable bonds is 10. The average Bonchev–Trinajstić information content (AvgIpc) is 2.85. The van der Waals surface area contributed by atoms with E-state index >= 15 is 0 Å². The van der Waals surface area contributed by atoms with Crippen LogP contribution in [0.5, 0.6) is 0 Å². The standard InChI is InChI=1S/C32H43N3O4/c1-10-25-16-11-12-17-26(25)29(30(37)34-28-22(4)14-13-15-23(28)5)35(24(6)19-18-21(2)3)27(36)20-33-31(38)39-32(7,8)9/h1,11-17,21,24,29H,18-20H2,2-9H3,(H,33,38)(H,34,37). The van der Waals surface area contributed by atoms with E-state index in [-0.39, 0.29) is 18.5 Å². The van der Waals surface area contributed by atoms with Gasteiger partial charge in [0.1, 0.15) is 18.2 Å². The Kier molecular flexibility index (Phi) is 11.2. The van der Waals surface area contributed by atoms with Crippen molar-refractivity contribution in [3.63, 3.8) is 0 Å². The van der Waals surface area contributed by atoms with Crippen molar-refractivity contribution in [1.82, 2.24) is 10.2 Å². The van der Waals surface area contributed by atoms with Gasteiger partial charge in [-0.2, -0.15) is 0 Å². The normalized spacial score (nSPS) is 12.7. The monoisotopic (exact) mass is 533 g/mol. The van der Waals surface area contributed by atoms with Crippen LogP contribution in [0.2, 0.25) is 0 Å². The van der Waals surface area contributed by atoms with Crippen LogP contribution in [0.3, 0.4) is 0 Å². The van der Waals surface area contributed by atoms with Crippen LogP contribution >= 0.6 is 0 Å². The zero-order valence-electron chi connectivity index (χ0n) is 24.6. The molecule has 2 rings (SSSR count). The fourth-order valence-electron chi connectivity index (χ4n) is 4.40. The molecular formula is C32H43N3O4. The molecule has 0 aliphatic carbocycles. The second-order valence-corrected chi connectivity index (χ2v) is 11.4. The highest BCUT2D eigenvalue weighted by Gasteiger charge is 2.36. The molecular weight excluding hydrogens is 490 g/mol. The molecule has 0 heterocycles. The average molecular weight is 534 g/mol. The number of aryl methyl sites for hydroxylation is 2. The molecule has 3 amide bonds. The molecule has 2 unspecified atom stereocenters. The summed E-state index contributed by atoms with van der Waals surface area (Å²) in [6.07, 6.45) is 6.66. The summed E-state index contributed by atoms with van der Waals surface area (Å²) in [6.45, 7) is 14.9. The van der Waals surface area contributed by atoms with E-state index in [2.05, 4.69) is 30.4 Å². The van der Waals surface area contributed by atoms with Crippen LogP contribution in [0.15, 0.2) is 42.5 Å². The lowest BCUT2D eigenvalue weighted by molar-refractivity contribution is -0.141. The lowest BCUT2D eigenvalue weighted by Gasteiger charge is -2.37. The van der Waals surface area contributed by atoms with Gasteiger partial charge in [0.15, 0.2) is 0 Å². The molecule has 0 spiro atoms. The van der Waals surface area contributed by atoms with Gasteiger partial charge in [-0.05, 0) is 83.1 Å². The van der Waals surface area contributed by atoms with Gasteiger partial charge in [-0.1, -0.05) is 56.2 Å². The van der Waals surface area contributed by atoms with Gasteiger partial charge in [0.05, 0.1) is 0 Å². The summed E-state index contributed by atoms with van der Waals surface area (Å²) in [5.74, 6) is 2.29. The maximum atomic E-state index is 14.1. The Bertz CT molecular complexity index is 1190. The number of anilines is 1. The Labute approximate surface area is 233 Å². The molecule has 0 aromatic heterocycles. The SMILES string of the molecule is C#Cc1ccccc1C(C(=O)Nc1c(C)cccc1C)N(C(=O)CNC(=O)OC(C)(C)C)C(C)CCC(C)C. The van der Waals surface area contributed by atoms with Gasteiger partial charge in [-0.15, -0.1) is 6.42 Å². The van der Waals surface area contributed by atoms with Crippen molar-refractivity contribution in [1.29, 1.82) is 0 Å². The van der Waals surface area contributed by atoms with E-state index in [9.17, 15) is 14.4 Å². The third-order valence-electron chi connectivity index (χ3n) is 6.37. The number of nitrogens with zero attached hydrogens (tertiary/aromatic N) is 1. The van der Waals surface area contributed by atoms with E-state index in [1.165, 1.54) is 0 Å². The van der Waals surface area contributed by atoms with Crippen LogP contribution in [0, 0.1) is 32.1 Å². The van der Waals surface area contributed by atoms with Gasteiger partial charge in [0.2, 0.25) is 5.91 Å². The molecule has 0 aliphatic heterocycles. The summed E-state index contributed by atoms with van der Waals surface area (Å²) in [6, 6.07) is 11.6. The van der Waals surface area contributed by atoms with Crippen molar-refractivity contribution in [3.05, 3.63) is 64.7 Å². The first-order valence-corrected chi connectivity index (χ1v) is 13.5. The minimum Gasteiger partial charge on any atom is -0.444 e. The number of hydrogen-bond acceptors (Lipinski definition) is 4. The van der Waals surface area contributed by atoms with Crippen molar-refractivity contribution in [2.45, 2.75) is 85.9 Å². The number of carbonyl (C=O) groups excluding carboxylic acids is 3. The Morgan fingerprint density at radius 2 is 1.59 bits per heavy atom. The van der Waals surface area contributed by atoms with Gasteiger partial charge < -0.3 is 20.3 Å². The molecule has 39 heavy (non-hydrogen) atoms. The lowest BCUT2D eigenvalue weighted by Crippen LogP contribution is -2.50. The fraction of sp³-hybridized carbons (Fsp3) is 0.469. The molecule has 2 N–H and O–H groups in total. The maximum absolute atomic E-state index is 14.1. The number of ether oxygens (including phenoxy) is 1. The van der Waals surface area contributed by atoms with E-state index in [4.69, 9.17) is 11.2 Å². The largest absolute Gasteiger partial charge is 0.444 e. The van der Waals surface area contributed by atoms with Crippen molar-refractivity contribution < 1.29 is 19.1 Å². The summed E-state index contributed by atoms with van der Waals surface area (Å²) >= 11 is 0. The first-order valence-electron chi connectivity index (χ1n) is 13.5. The molecule has 210 valence electrons. The smallest absolute Gasteiger partial charge is 0.408 e. The van der Waals surface area contributed by atoms with Crippen LogP contribution in [-0.4, -0.2) is 41.0 Å². The highest BCUT2D eigenvalue weighted by atomic mass is 16.6. The summed E-state index contributed by atoms with van der Waals surface area (Å²) in [5, 5.41) is 5.62. The quantitative estimate of drug-likeness (QED) is 0.359. The second kappa shape index (κ2) is 13.8. The number of para-hydroxylation sites is 1. The van der Waals surface area contributed by atoms with E-state index in [1.807, 2.05) is 39.0 Å². The highest BCUT2D eigenvalue weighted by Crippen LogP contribution is 2.31. The van der Waals surface area contributed by atoms with Crippen LogP contribution < -0.4 is 10.6 Å².